The second kappa shape index (κ2) is 9.52. The summed E-state index contributed by atoms with van der Waals surface area (Å²) in [5.41, 5.74) is 3.98. The van der Waals surface area contributed by atoms with Gasteiger partial charge in [0, 0.05) is 37.6 Å². The van der Waals surface area contributed by atoms with Gasteiger partial charge in [0.15, 0.2) is 0 Å². The average molecular weight is 497 g/mol. The number of carbonyl (C=O) groups excluding carboxylic acids is 2. The third-order valence-corrected chi connectivity index (χ3v) is 5.96. The quantitative estimate of drug-likeness (QED) is 0.548. The van der Waals surface area contributed by atoms with Gasteiger partial charge in [-0.3, -0.25) is 14.3 Å². The van der Waals surface area contributed by atoms with Crippen LogP contribution in [0.5, 0.6) is 0 Å². The minimum Gasteiger partial charge on any atom is -0.367 e. The lowest BCUT2D eigenvalue weighted by Gasteiger charge is -2.37. The number of pyridine rings is 1. The maximum Gasteiger partial charge on any atom is 0.257 e. The first kappa shape index (κ1) is 22.0. The van der Waals surface area contributed by atoms with Crippen LogP contribution in [0.2, 0.25) is 0 Å². The first-order valence-electron chi connectivity index (χ1n) is 10.5. The highest BCUT2D eigenvalue weighted by Crippen LogP contribution is 2.23. The molecule has 2 aromatic heterocycles. The van der Waals surface area contributed by atoms with Crippen molar-refractivity contribution in [3.63, 3.8) is 0 Å². The second-order valence-corrected chi connectivity index (χ2v) is 8.61. The zero-order chi connectivity index (χ0) is 22.7. The minimum atomic E-state index is -0.187. The van der Waals surface area contributed by atoms with Crippen LogP contribution >= 0.6 is 15.9 Å². The maximum atomic E-state index is 12.9. The highest BCUT2D eigenvalue weighted by molar-refractivity contribution is 9.10. The normalized spacial score (nSPS) is 13.8. The van der Waals surface area contributed by atoms with Crippen LogP contribution in [0.1, 0.15) is 21.7 Å². The van der Waals surface area contributed by atoms with Crippen LogP contribution in [0.3, 0.4) is 0 Å². The fourth-order valence-electron chi connectivity index (χ4n) is 3.85. The number of piperazine rings is 1. The SMILES string of the molecule is Cc1cc(C)n(CC(=O)N2CCN(c3ccccc3C(=O)Nc3ccc(Br)nc3)CC2)n1. The Kier molecular flexibility index (Phi) is 6.55. The number of hydrogen-bond acceptors (Lipinski definition) is 5. The van der Waals surface area contributed by atoms with Crippen molar-refractivity contribution in [1.82, 2.24) is 19.7 Å². The van der Waals surface area contributed by atoms with Crippen LogP contribution < -0.4 is 10.2 Å². The maximum absolute atomic E-state index is 12.9. The van der Waals surface area contributed by atoms with E-state index in [9.17, 15) is 9.59 Å². The van der Waals surface area contributed by atoms with Crippen molar-refractivity contribution in [2.24, 2.45) is 0 Å². The molecule has 0 aliphatic carbocycles. The molecule has 1 aliphatic rings. The van der Waals surface area contributed by atoms with Crippen molar-refractivity contribution in [3.05, 3.63) is 70.2 Å². The number of nitrogens with zero attached hydrogens (tertiary/aromatic N) is 5. The Labute approximate surface area is 195 Å². The zero-order valence-corrected chi connectivity index (χ0v) is 19.7. The molecule has 1 fully saturated rings. The van der Waals surface area contributed by atoms with Crippen molar-refractivity contribution in [3.8, 4) is 0 Å². The molecule has 0 saturated carbocycles. The van der Waals surface area contributed by atoms with Crippen LogP contribution in [0.15, 0.2) is 53.3 Å². The molecule has 2 amide bonds. The molecule has 1 aliphatic heterocycles. The third kappa shape index (κ3) is 4.99. The van der Waals surface area contributed by atoms with Gasteiger partial charge in [-0.05, 0) is 60.1 Å². The predicted molar refractivity (Wildman–Crippen MR) is 127 cm³/mol. The molecule has 1 aromatic carbocycles. The van der Waals surface area contributed by atoms with Crippen LogP contribution in [0.4, 0.5) is 11.4 Å². The van der Waals surface area contributed by atoms with Gasteiger partial charge in [0.25, 0.3) is 5.91 Å². The lowest BCUT2D eigenvalue weighted by Crippen LogP contribution is -2.50. The fraction of sp³-hybridized carbons (Fsp3) is 0.304. The molecule has 0 atom stereocenters. The van der Waals surface area contributed by atoms with Gasteiger partial charge in [0.1, 0.15) is 11.1 Å². The molecular weight excluding hydrogens is 472 g/mol. The first-order valence-corrected chi connectivity index (χ1v) is 11.3. The summed E-state index contributed by atoms with van der Waals surface area (Å²) in [6, 6.07) is 13.1. The van der Waals surface area contributed by atoms with E-state index in [0.717, 1.165) is 17.1 Å². The molecule has 1 N–H and O–H groups in total. The van der Waals surface area contributed by atoms with E-state index in [-0.39, 0.29) is 18.4 Å². The summed E-state index contributed by atoms with van der Waals surface area (Å²) in [7, 11) is 0. The van der Waals surface area contributed by atoms with Crippen molar-refractivity contribution in [1.29, 1.82) is 0 Å². The third-order valence-electron chi connectivity index (χ3n) is 5.50. The highest BCUT2D eigenvalue weighted by atomic mass is 79.9. The van der Waals surface area contributed by atoms with E-state index in [2.05, 4.69) is 36.2 Å². The zero-order valence-electron chi connectivity index (χ0n) is 18.1. The Bertz CT molecular complexity index is 1120. The molecular formula is C23H25BrN6O2. The molecule has 8 nitrogen and oxygen atoms in total. The molecule has 32 heavy (non-hydrogen) atoms. The molecule has 0 radical (unpaired) electrons. The topological polar surface area (TPSA) is 83.4 Å². The van der Waals surface area contributed by atoms with Gasteiger partial charge in [-0.1, -0.05) is 12.1 Å². The Morgan fingerprint density at radius 2 is 1.81 bits per heavy atom. The number of benzene rings is 1. The summed E-state index contributed by atoms with van der Waals surface area (Å²) in [5, 5.41) is 7.29. The molecule has 0 spiro atoms. The molecule has 3 heterocycles. The Hall–Kier alpha value is -3.20. The van der Waals surface area contributed by atoms with Gasteiger partial charge in [-0.15, -0.1) is 0 Å². The summed E-state index contributed by atoms with van der Waals surface area (Å²) in [6.07, 6.45) is 1.61. The Balaban J connectivity index is 1.40. The van der Waals surface area contributed by atoms with Gasteiger partial charge in [0.2, 0.25) is 5.91 Å². The molecule has 9 heteroatoms. The van der Waals surface area contributed by atoms with Gasteiger partial charge >= 0.3 is 0 Å². The summed E-state index contributed by atoms with van der Waals surface area (Å²) < 4.78 is 2.46. The van der Waals surface area contributed by atoms with Crippen molar-refractivity contribution in [2.75, 3.05) is 36.4 Å². The van der Waals surface area contributed by atoms with Gasteiger partial charge in [0.05, 0.1) is 23.1 Å². The molecule has 3 aromatic rings. The number of anilines is 2. The number of aryl methyl sites for hydroxylation is 2. The number of hydrogen-bond donors (Lipinski definition) is 1. The average Bonchev–Trinajstić information content (AvgIpc) is 3.11. The molecule has 1 saturated heterocycles. The van der Waals surface area contributed by atoms with Crippen molar-refractivity contribution in [2.45, 2.75) is 20.4 Å². The lowest BCUT2D eigenvalue weighted by atomic mass is 10.1. The van der Waals surface area contributed by atoms with Gasteiger partial charge in [-0.2, -0.15) is 5.10 Å². The van der Waals surface area contributed by atoms with E-state index in [4.69, 9.17) is 0 Å². The second-order valence-electron chi connectivity index (χ2n) is 7.79. The summed E-state index contributed by atoms with van der Waals surface area (Å²) in [6.45, 7) is 6.65. The van der Waals surface area contributed by atoms with Crippen LogP contribution in [-0.4, -0.2) is 57.7 Å². The number of halogens is 1. The van der Waals surface area contributed by atoms with E-state index in [0.29, 0.717) is 42.0 Å². The number of aromatic nitrogens is 3. The smallest absolute Gasteiger partial charge is 0.257 e. The molecule has 0 unspecified atom stereocenters. The van der Waals surface area contributed by atoms with Gasteiger partial charge < -0.3 is 15.1 Å². The number of amides is 2. The fourth-order valence-corrected chi connectivity index (χ4v) is 4.08. The van der Waals surface area contributed by atoms with Crippen LogP contribution in [0.25, 0.3) is 0 Å². The number of carbonyl (C=O) groups is 2. The standard InChI is InChI=1S/C23H25BrN6O2/c1-16-13-17(2)30(27-16)15-22(31)29-11-9-28(10-12-29)20-6-4-3-5-19(20)23(32)26-18-7-8-21(24)25-14-18/h3-8,13-14H,9-12,15H2,1-2H3,(H,26,32). The minimum absolute atomic E-state index is 0.0598. The summed E-state index contributed by atoms with van der Waals surface area (Å²) >= 11 is 3.29. The van der Waals surface area contributed by atoms with E-state index in [1.807, 2.05) is 49.1 Å². The van der Waals surface area contributed by atoms with Crippen LogP contribution in [-0.2, 0) is 11.3 Å². The Morgan fingerprint density at radius 3 is 2.47 bits per heavy atom. The van der Waals surface area contributed by atoms with E-state index < -0.39 is 0 Å². The number of rotatable bonds is 5. The molecule has 166 valence electrons. The monoisotopic (exact) mass is 496 g/mol. The summed E-state index contributed by atoms with van der Waals surface area (Å²) in [5.74, 6) is -0.127. The first-order chi connectivity index (χ1) is 15.4. The van der Waals surface area contributed by atoms with Crippen LogP contribution in [0, 0.1) is 13.8 Å². The van der Waals surface area contributed by atoms with E-state index in [1.54, 1.807) is 23.0 Å². The predicted octanol–water partition coefficient (Wildman–Crippen LogP) is 3.26. The van der Waals surface area contributed by atoms with E-state index >= 15 is 0 Å². The largest absolute Gasteiger partial charge is 0.367 e. The Morgan fingerprint density at radius 1 is 1.06 bits per heavy atom. The van der Waals surface area contributed by atoms with E-state index in [1.165, 1.54) is 0 Å². The molecule has 0 bridgehead atoms. The number of nitrogens with one attached hydrogen (secondary N) is 1. The van der Waals surface area contributed by atoms with Crippen molar-refractivity contribution >= 4 is 39.1 Å². The lowest BCUT2D eigenvalue weighted by molar-refractivity contribution is -0.132. The van der Waals surface area contributed by atoms with Gasteiger partial charge in [-0.25, -0.2) is 4.98 Å². The van der Waals surface area contributed by atoms with Crippen molar-refractivity contribution < 1.29 is 9.59 Å². The molecule has 4 rings (SSSR count). The number of para-hydroxylation sites is 1. The highest BCUT2D eigenvalue weighted by Gasteiger charge is 2.24. The summed E-state index contributed by atoms with van der Waals surface area (Å²) in [4.78, 5) is 33.8.